The second kappa shape index (κ2) is 3.41. The van der Waals surface area contributed by atoms with Gasteiger partial charge >= 0.3 is 0 Å². The monoisotopic (exact) mass is 187 g/mol. The zero-order chi connectivity index (χ0) is 9.97. The third kappa shape index (κ3) is 1.31. The van der Waals surface area contributed by atoms with Crippen LogP contribution in [0.15, 0.2) is 30.3 Å². The van der Waals surface area contributed by atoms with Crippen LogP contribution in [0.2, 0.25) is 0 Å². The Balaban J connectivity index is 2.61. The predicted octanol–water partition coefficient (Wildman–Crippen LogP) is 1.39. The lowest BCUT2D eigenvalue weighted by atomic mass is 10.3. The van der Waals surface area contributed by atoms with E-state index >= 15 is 0 Å². The maximum Gasteiger partial charge on any atom is 0.201 e. The standard InChI is InChI=1S/C10H9N3O/c1-8-11-12-10(7-14)13(8)9-5-3-2-4-6-9/h2-7H,1H3. The Labute approximate surface area is 81.2 Å². The fraction of sp³-hybridized carbons (Fsp3) is 0.100. The lowest BCUT2D eigenvalue weighted by Gasteiger charge is -2.03. The number of rotatable bonds is 2. The quantitative estimate of drug-likeness (QED) is 0.667. The number of aromatic nitrogens is 3. The highest BCUT2D eigenvalue weighted by Crippen LogP contribution is 2.10. The van der Waals surface area contributed by atoms with E-state index in [2.05, 4.69) is 10.2 Å². The molecule has 0 saturated carbocycles. The number of hydrogen-bond acceptors (Lipinski definition) is 3. The molecule has 0 fully saturated rings. The summed E-state index contributed by atoms with van der Waals surface area (Å²) >= 11 is 0. The molecule has 1 aromatic heterocycles. The molecule has 0 amide bonds. The maximum absolute atomic E-state index is 10.7. The molecule has 0 spiro atoms. The summed E-state index contributed by atoms with van der Waals surface area (Å²) in [5.74, 6) is 1.03. The van der Waals surface area contributed by atoms with Gasteiger partial charge in [-0.15, -0.1) is 10.2 Å². The summed E-state index contributed by atoms with van der Waals surface area (Å²) in [4.78, 5) is 10.7. The van der Waals surface area contributed by atoms with E-state index in [9.17, 15) is 4.79 Å². The number of para-hydroxylation sites is 1. The van der Waals surface area contributed by atoms with Crippen molar-refractivity contribution in [3.63, 3.8) is 0 Å². The summed E-state index contributed by atoms with van der Waals surface area (Å²) in [5, 5.41) is 7.60. The van der Waals surface area contributed by atoms with Crippen molar-refractivity contribution in [3.8, 4) is 5.69 Å². The normalized spacial score (nSPS) is 10.1. The van der Waals surface area contributed by atoms with Gasteiger partial charge in [-0.25, -0.2) is 0 Å². The van der Waals surface area contributed by atoms with E-state index in [4.69, 9.17) is 0 Å². The van der Waals surface area contributed by atoms with Crippen molar-refractivity contribution in [2.45, 2.75) is 6.92 Å². The zero-order valence-corrected chi connectivity index (χ0v) is 7.71. The molecule has 0 aliphatic carbocycles. The van der Waals surface area contributed by atoms with Gasteiger partial charge in [-0.2, -0.15) is 0 Å². The van der Waals surface area contributed by atoms with Crippen LogP contribution in [0.3, 0.4) is 0 Å². The Morgan fingerprint density at radius 2 is 1.93 bits per heavy atom. The Hall–Kier alpha value is -1.97. The summed E-state index contributed by atoms with van der Waals surface area (Å²) in [6, 6.07) is 9.54. The molecule has 1 aromatic carbocycles. The van der Waals surface area contributed by atoms with E-state index in [1.807, 2.05) is 37.3 Å². The van der Waals surface area contributed by atoms with Crippen molar-refractivity contribution in [2.75, 3.05) is 0 Å². The number of carbonyl (C=O) groups excluding carboxylic acids is 1. The molecule has 14 heavy (non-hydrogen) atoms. The van der Waals surface area contributed by atoms with Crippen molar-refractivity contribution in [1.29, 1.82) is 0 Å². The van der Waals surface area contributed by atoms with Gasteiger partial charge in [0, 0.05) is 5.69 Å². The van der Waals surface area contributed by atoms with Crippen molar-refractivity contribution in [1.82, 2.24) is 14.8 Å². The van der Waals surface area contributed by atoms with E-state index in [1.165, 1.54) is 0 Å². The summed E-state index contributed by atoms with van der Waals surface area (Å²) < 4.78 is 1.72. The van der Waals surface area contributed by atoms with Crippen LogP contribution in [0.1, 0.15) is 16.4 Å². The molecule has 0 N–H and O–H groups in total. The van der Waals surface area contributed by atoms with Crippen LogP contribution in [0.25, 0.3) is 5.69 Å². The summed E-state index contributed by atoms with van der Waals surface area (Å²) in [6.45, 7) is 1.81. The summed E-state index contributed by atoms with van der Waals surface area (Å²) in [7, 11) is 0. The third-order valence-corrected chi connectivity index (χ3v) is 1.97. The molecule has 4 heteroatoms. The van der Waals surface area contributed by atoms with Gasteiger partial charge in [0.25, 0.3) is 0 Å². The maximum atomic E-state index is 10.7. The number of nitrogens with zero attached hydrogens (tertiary/aromatic N) is 3. The molecule has 0 aliphatic rings. The Bertz CT molecular complexity index is 448. The molecule has 2 rings (SSSR count). The smallest absolute Gasteiger partial charge is 0.201 e. The highest BCUT2D eigenvalue weighted by Gasteiger charge is 2.08. The van der Waals surface area contributed by atoms with Crippen LogP contribution < -0.4 is 0 Å². The Morgan fingerprint density at radius 3 is 2.57 bits per heavy atom. The van der Waals surface area contributed by atoms with Crippen LogP contribution in [0.5, 0.6) is 0 Å². The van der Waals surface area contributed by atoms with Gasteiger partial charge in [0.15, 0.2) is 6.29 Å². The average Bonchev–Trinajstić information content (AvgIpc) is 2.61. The van der Waals surface area contributed by atoms with E-state index in [-0.39, 0.29) is 0 Å². The van der Waals surface area contributed by atoms with E-state index in [0.717, 1.165) is 5.69 Å². The molecule has 0 atom stereocenters. The van der Waals surface area contributed by atoms with E-state index < -0.39 is 0 Å². The third-order valence-electron chi connectivity index (χ3n) is 1.97. The van der Waals surface area contributed by atoms with Gasteiger partial charge in [0.05, 0.1) is 0 Å². The van der Waals surface area contributed by atoms with Crippen molar-refractivity contribution < 1.29 is 4.79 Å². The minimum atomic E-state index is 0.328. The van der Waals surface area contributed by atoms with E-state index in [0.29, 0.717) is 17.9 Å². The van der Waals surface area contributed by atoms with Crippen molar-refractivity contribution in [3.05, 3.63) is 42.0 Å². The Kier molecular flexibility index (Phi) is 2.10. The van der Waals surface area contributed by atoms with Crippen LogP contribution in [-0.2, 0) is 0 Å². The SMILES string of the molecule is Cc1nnc(C=O)n1-c1ccccc1. The highest BCUT2D eigenvalue weighted by molar-refractivity contribution is 5.70. The van der Waals surface area contributed by atoms with Crippen molar-refractivity contribution >= 4 is 6.29 Å². The number of benzene rings is 1. The molecule has 0 bridgehead atoms. The molecule has 0 saturated heterocycles. The lowest BCUT2D eigenvalue weighted by molar-refractivity contribution is 0.111. The molecular weight excluding hydrogens is 178 g/mol. The van der Waals surface area contributed by atoms with Gasteiger partial charge in [0.1, 0.15) is 5.82 Å². The topological polar surface area (TPSA) is 47.8 Å². The molecule has 2 aromatic rings. The van der Waals surface area contributed by atoms with Crippen LogP contribution in [0, 0.1) is 6.92 Å². The molecule has 1 heterocycles. The Morgan fingerprint density at radius 1 is 1.21 bits per heavy atom. The fourth-order valence-corrected chi connectivity index (χ4v) is 1.35. The molecule has 0 unspecified atom stereocenters. The van der Waals surface area contributed by atoms with E-state index in [1.54, 1.807) is 4.57 Å². The summed E-state index contributed by atoms with van der Waals surface area (Å²) in [5.41, 5.74) is 0.900. The van der Waals surface area contributed by atoms with Gasteiger partial charge in [-0.05, 0) is 19.1 Å². The second-order valence-electron chi connectivity index (χ2n) is 2.89. The van der Waals surface area contributed by atoms with Crippen LogP contribution in [-0.4, -0.2) is 21.1 Å². The van der Waals surface area contributed by atoms with Gasteiger partial charge in [-0.1, -0.05) is 18.2 Å². The molecular formula is C10H9N3O. The highest BCUT2D eigenvalue weighted by atomic mass is 16.1. The number of aryl methyl sites for hydroxylation is 1. The first-order valence-corrected chi connectivity index (χ1v) is 4.25. The largest absolute Gasteiger partial charge is 0.294 e. The summed E-state index contributed by atoms with van der Waals surface area (Å²) in [6.07, 6.45) is 0.701. The number of carbonyl (C=O) groups is 1. The second-order valence-corrected chi connectivity index (χ2v) is 2.89. The van der Waals surface area contributed by atoms with Gasteiger partial charge in [0.2, 0.25) is 5.82 Å². The molecule has 4 nitrogen and oxygen atoms in total. The molecule has 0 aliphatic heterocycles. The first-order valence-electron chi connectivity index (χ1n) is 4.25. The molecule has 0 radical (unpaired) electrons. The zero-order valence-electron chi connectivity index (χ0n) is 7.71. The molecule has 70 valence electrons. The fourth-order valence-electron chi connectivity index (χ4n) is 1.35. The van der Waals surface area contributed by atoms with Crippen LogP contribution >= 0.6 is 0 Å². The first-order chi connectivity index (χ1) is 6.83. The van der Waals surface area contributed by atoms with Gasteiger partial charge in [-0.3, -0.25) is 9.36 Å². The first kappa shape index (κ1) is 8.62. The predicted molar refractivity (Wildman–Crippen MR) is 51.5 cm³/mol. The average molecular weight is 187 g/mol. The number of aldehydes is 1. The minimum Gasteiger partial charge on any atom is -0.294 e. The number of hydrogen-bond donors (Lipinski definition) is 0. The van der Waals surface area contributed by atoms with Gasteiger partial charge < -0.3 is 0 Å². The minimum absolute atomic E-state index is 0.328. The lowest BCUT2D eigenvalue weighted by Crippen LogP contribution is -2.01. The van der Waals surface area contributed by atoms with Crippen molar-refractivity contribution in [2.24, 2.45) is 0 Å². The van der Waals surface area contributed by atoms with Crippen LogP contribution in [0.4, 0.5) is 0 Å².